The highest BCUT2D eigenvalue weighted by molar-refractivity contribution is 5.35. The zero-order chi connectivity index (χ0) is 15.2. The molecule has 2 aromatic rings. The average molecular weight is 288 g/mol. The molecule has 0 aliphatic heterocycles. The molecule has 112 valence electrons. The highest BCUT2D eigenvalue weighted by Crippen LogP contribution is 2.19. The fourth-order valence-electron chi connectivity index (χ4n) is 2.21. The van der Waals surface area contributed by atoms with E-state index in [0.29, 0.717) is 6.54 Å². The van der Waals surface area contributed by atoms with Crippen LogP contribution in [0.15, 0.2) is 36.5 Å². The molecule has 0 saturated heterocycles. The molecule has 1 heterocycles. The van der Waals surface area contributed by atoms with Crippen molar-refractivity contribution in [2.75, 3.05) is 0 Å². The van der Waals surface area contributed by atoms with Gasteiger partial charge in [-0.25, -0.2) is 0 Å². The Morgan fingerprint density at radius 2 is 2.24 bits per heavy atom. The summed E-state index contributed by atoms with van der Waals surface area (Å²) in [4.78, 5) is 10.4. The number of non-ortho nitro benzene ring substituents is 1. The molecule has 1 N–H and O–H groups in total. The maximum Gasteiger partial charge on any atom is 0.269 e. The number of benzene rings is 1. The van der Waals surface area contributed by atoms with Gasteiger partial charge in [-0.2, -0.15) is 5.10 Å². The van der Waals surface area contributed by atoms with E-state index in [1.54, 1.807) is 18.3 Å². The number of aryl methyl sites for hydroxylation is 1. The van der Waals surface area contributed by atoms with Gasteiger partial charge < -0.3 is 5.32 Å². The summed E-state index contributed by atoms with van der Waals surface area (Å²) < 4.78 is 1.98. The summed E-state index contributed by atoms with van der Waals surface area (Å²) in [5.41, 5.74) is 2.15. The fraction of sp³-hybridized carbons (Fsp3) is 0.400. The maximum absolute atomic E-state index is 10.8. The quantitative estimate of drug-likeness (QED) is 0.627. The van der Waals surface area contributed by atoms with E-state index in [2.05, 4.69) is 17.3 Å². The lowest BCUT2D eigenvalue weighted by Crippen LogP contribution is -2.20. The third kappa shape index (κ3) is 3.88. The summed E-state index contributed by atoms with van der Waals surface area (Å²) in [6, 6.07) is 8.76. The highest BCUT2D eigenvalue weighted by Gasteiger charge is 2.11. The second-order valence-electron chi connectivity index (χ2n) is 5.00. The minimum Gasteiger partial charge on any atom is -0.305 e. The molecule has 0 saturated carbocycles. The van der Waals surface area contributed by atoms with Gasteiger partial charge in [-0.05, 0) is 25.0 Å². The van der Waals surface area contributed by atoms with Crippen LogP contribution in [0.4, 0.5) is 5.69 Å². The minimum atomic E-state index is -0.369. The molecular formula is C15H20N4O2. The van der Waals surface area contributed by atoms with Gasteiger partial charge in [0.1, 0.15) is 0 Å². The van der Waals surface area contributed by atoms with E-state index >= 15 is 0 Å². The number of hydrogen-bond donors (Lipinski definition) is 1. The molecule has 0 fully saturated rings. The van der Waals surface area contributed by atoms with Gasteiger partial charge in [-0.1, -0.05) is 19.1 Å². The van der Waals surface area contributed by atoms with Gasteiger partial charge in [-0.15, -0.1) is 0 Å². The van der Waals surface area contributed by atoms with Crippen LogP contribution in [0, 0.1) is 10.1 Å². The SMILES string of the molecule is CCCn1nccc1CNC(C)c1cccc([N+](=O)[O-])c1. The summed E-state index contributed by atoms with van der Waals surface area (Å²) in [7, 11) is 0. The van der Waals surface area contributed by atoms with Crippen molar-refractivity contribution in [3.63, 3.8) is 0 Å². The summed E-state index contributed by atoms with van der Waals surface area (Å²) >= 11 is 0. The molecule has 21 heavy (non-hydrogen) atoms. The predicted octanol–water partition coefficient (Wildman–Crippen LogP) is 3.05. The first kappa shape index (κ1) is 15.2. The Bertz CT molecular complexity index is 609. The fourth-order valence-corrected chi connectivity index (χ4v) is 2.21. The summed E-state index contributed by atoms with van der Waals surface area (Å²) in [5, 5.41) is 18.5. The van der Waals surface area contributed by atoms with Crippen LogP contribution in [-0.4, -0.2) is 14.7 Å². The van der Waals surface area contributed by atoms with Crippen LogP contribution in [0.5, 0.6) is 0 Å². The van der Waals surface area contributed by atoms with Gasteiger partial charge in [-0.3, -0.25) is 14.8 Å². The zero-order valence-electron chi connectivity index (χ0n) is 12.3. The highest BCUT2D eigenvalue weighted by atomic mass is 16.6. The van der Waals surface area contributed by atoms with E-state index in [1.807, 2.05) is 23.7 Å². The first-order chi connectivity index (χ1) is 10.1. The lowest BCUT2D eigenvalue weighted by molar-refractivity contribution is -0.384. The molecule has 1 unspecified atom stereocenters. The lowest BCUT2D eigenvalue weighted by Gasteiger charge is -2.15. The molecule has 1 aromatic heterocycles. The van der Waals surface area contributed by atoms with E-state index in [-0.39, 0.29) is 16.7 Å². The van der Waals surface area contributed by atoms with Crippen LogP contribution in [0.1, 0.15) is 37.6 Å². The van der Waals surface area contributed by atoms with Crippen LogP contribution < -0.4 is 5.32 Å². The van der Waals surface area contributed by atoms with E-state index < -0.39 is 0 Å². The third-order valence-electron chi connectivity index (χ3n) is 3.41. The topological polar surface area (TPSA) is 73.0 Å². The Balaban J connectivity index is 2.01. The normalized spacial score (nSPS) is 12.3. The van der Waals surface area contributed by atoms with E-state index in [1.165, 1.54) is 6.07 Å². The van der Waals surface area contributed by atoms with E-state index in [0.717, 1.165) is 24.2 Å². The Morgan fingerprint density at radius 1 is 1.43 bits per heavy atom. The van der Waals surface area contributed by atoms with Crippen LogP contribution in [0.2, 0.25) is 0 Å². The first-order valence-corrected chi connectivity index (χ1v) is 7.10. The van der Waals surface area contributed by atoms with Crippen molar-refractivity contribution in [1.82, 2.24) is 15.1 Å². The maximum atomic E-state index is 10.8. The van der Waals surface area contributed by atoms with E-state index in [4.69, 9.17) is 0 Å². The predicted molar refractivity (Wildman–Crippen MR) is 80.9 cm³/mol. The largest absolute Gasteiger partial charge is 0.305 e. The number of hydrogen-bond acceptors (Lipinski definition) is 4. The number of rotatable bonds is 7. The number of aromatic nitrogens is 2. The average Bonchev–Trinajstić information content (AvgIpc) is 2.92. The Hall–Kier alpha value is -2.21. The monoisotopic (exact) mass is 288 g/mol. The number of nitro benzene ring substituents is 1. The van der Waals surface area contributed by atoms with Crippen molar-refractivity contribution in [2.24, 2.45) is 0 Å². The Kier molecular flexibility index (Phi) is 5.05. The third-order valence-corrected chi connectivity index (χ3v) is 3.41. The van der Waals surface area contributed by atoms with Gasteiger partial charge in [0.05, 0.1) is 10.6 Å². The Morgan fingerprint density at radius 3 is 2.95 bits per heavy atom. The number of nitro groups is 1. The molecule has 6 nitrogen and oxygen atoms in total. The summed E-state index contributed by atoms with van der Waals surface area (Å²) in [6.45, 7) is 5.70. The van der Waals surface area contributed by atoms with Crippen molar-refractivity contribution in [1.29, 1.82) is 0 Å². The van der Waals surface area contributed by atoms with Crippen molar-refractivity contribution in [2.45, 2.75) is 39.4 Å². The van der Waals surface area contributed by atoms with Crippen LogP contribution in [0.25, 0.3) is 0 Å². The van der Waals surface area contributed by atoms with E-state index in [9.17, 15) is 10.1 Å². The lowest BCUT2D eigenvalue weighted by atomic mass is 10.1. The second kappa shape index (κ2) is 6.99. The first-order valence-electron chi connectivity index (χ1n) is 7.10. The molecule has 0 aliphatic rings. The van der Waals surface area contributed by atoms with Crippen LogP contribution in [0.3, 0.4) is 0 Å². The van der Waals surface area contributed by atoms with Gasteiger partial charge >= 0.3 is 0 Å². The van der Waals surface area contributed by atoms with Gasteiger partial charge in [0.25, 0.3) is 5.69 Å². The summed E-state index contributed by atoms with van der Waals surface area (Å²) in [6.07, 6.45) is 2.83. The second-order valence-corrected chi connectivity index (χ2v) is 5.00. The van der Waals surface area contributed by atoms with Crippen molar-refractivity contribution < 1.29 is 4.92 Å². The molecule has 2 rings (SSSR count). The van der Waals surface area contributed by atoms with Crippen molar-refractivity contribution >= 4 is 5.69 Å². The zero-order valence-corrected chi connectivity index (χ0v) is 12.3. The molecule has 6 heteroatoms. The molecule has 0 bridgehead atoms. The molecule has 1 aromatic carbocycles. The van der Waals surface area contributed by atoms with Gasteiger partial charge in [0.15, 0.2) is 0 Å². The molecule has 1 atom stereocenters. The molecule has 0 radical (unpaired) electrons. The molecular weight excluding hydrogens is 268 g/mol. The smallest absolute Gasteiger partial charge is 0.269 e. The minimum absolute atomic E-state index is 0.0369. The van der Waals surface area contributed by atoms with Gasteiger partial charge in [0.2, 0.25) is 0 Å². The standard InChI is InChI=1S/C15H20N4O2/c1-3-9-18-15(7-8-17-18)11-16-12(2)13-5-4-6-14(10-13)19(20)21/h4-8,10,12,16H,3,9,11H2,1-2H3. The molecule has 0 spiro atoms. The van der Waals surface area contributed by atoms with Crippen LogP contribution >= 0.6 is 0 Å². The van der Waals surface area contributed by atoms with Crippen molar-refractivity contribution in [3.8, 4) is 0 Å². The van der Waals surface area contributed by atoms with Crippen molar-refractivity contribution in [3.05, 3.63) is 57.9 Å². The van der Waals surface area contributed by atoms with Crippen LogP contribution in [-0.2, 0) is 13.1 Å². The molecule has 0 aliphatic carbocycles. The number of nitrogens with one attached hydrogen (secondary N) is 1. The summed E-state index contributed by atoms with van der Waals surface area (Å²) in [5.74, 6) is 0. The Labute approximate surface area is 123 Å². The molecule has 0 amide bonds. The van der Waals surface area contributed by atoms with Gasteiger partial charge in [0, 0.05) is 37.5 Å². The number of nitrogens with zero attached hydrogens (tertiary/aromatic N) is 3.